The minimum absolute atomic E-state index is 0.368. The molecular weight excluding hydrogens is 143 g/mol. The summed E-state index contributed by atoms with van der Waals surface area (Å²) in [5, 5.41) is 0. The molecule has 1 unspecified atom stereocenters. The number of rotatable bonds is 5. The fraction of sp³-hybridized carbons (Fsp3) is 1.00. The second-order valence-electron chi connectivity index (χ2n) is 1.25. The minimum Gasteiger partial charge on any atom is -0.382 e. The molecule has 5 heteroatoms. The van der Waals surface area contributed by atoms with E-state index in [0.29, 0.717) is 13.2 Å². The maximum Gasteiger partial charge on any atom is 0.329 e. The molecule has 0 amide bonds. The van der Waals surface area contributed by atoms with E-state index in [4.69, 9.17) is 9.42 Å². The van der Waals surface area contributed by atoms with Gasteiger partial charge in [0.25, 0.3) is 0 Å². The lowest BCUT2D eigenvalue weighted by Gasteiger charge is -2.05. The van der Waals surface area contributed by atoms with Crippen LogP contribution in [0.3, 0.4) is 0 Å². The summed E-state index contributed by atoms with van der Waals surface area (Å²) in [4.78, 5) is 8.65. The van der Waals surface area contributed by atoms with Gasteiger partial charge in [-0.25, -0.2) is 0 Å². The molecule has 0 aliphatic heterocycles. The highest BCUT2D eigenvalue weighted by atomic mass is 31.2. The number of hydrogen-bond acceptors (Lipinski definition) is 4. The number of ether oxygens (including phenoxy) is 1. The van der Waals surface area contributed by atoms with Gasteiger partial charge in [0, 0.05) is 14.2 Å². The Morgan fingerprint density at radius 1 is 1.33 bits per heavy atom. The molecule has 0 rings (SSSR count). The van der Waals surface area contributed by atoms with Gasteiger partial charge in [0.2, 0.25) is 0 Å². The predicted molar refractivity (Wildman–Crippen MR) is 34.0 cm³/mol. The van der Waals surface area contributed by atoms with Crippen LogP contribution in [-0.4, -0.2) is 32.3 Å². The van der Waals surface area contributed by atoms with E-state index in [1.54, 1.807) is 7.11 Å². The van der Waals surface area contributed by atoms with Gasteiger partial charge in [-0.2, -0.15) is 0 Å². The van der Waals surface area contributed by atoms with E-state index >= 15 is 0 Å². The summed E-state index contributed by atoms with van der Waals surface area (Å²) >= 11 is 0. The first-order valence-corrected chi connectivity index (χ1v) is 3.59. The van der Waals surface area contributed by atoms with Gasteiger partial charge < -0.3 is 18.7 Å². The smallest absolute Gasteiger partial charge is 0.329 e. The fourth-order valence-electron chi connectivity index (χ4n) is 0.251. The molecule has 4 nitrogen and oxygen atoms in total. The SMILES string of the molecule is COCCOP(O)OC. The van der Waals surface area contributed by atoms with E-state index in [1.807, 2.05) is 0 Å². The fourth-order valence-corrected chi connectivity index (χ4v) is 0.588. The first-order valence-electron chi connectivity index (χ1n) is 2.46. The summed E-state index contributed by atoms with van der Waals surface area (Å²) < 4.78 is 13.8. The van der Waals surface area contributed by atoms with Crippen LogP contribution in [0.4, 0.5) is 0 Å². The molecule has 56 valence electrons. The van der Waals surface area contributed by atoms with Gasteiger partial charge in [0.05, 0.1) is 13.2 Å². The zero-order chi connectivity index (χ0) is 7.11. The van der Waals surface area contributed by atoms with Crippen LogP contribution in [0.2, 0.25) is 0 Å². The first-order chi connectivity index (χ1) is 4.31. The average molecular weight is 154 g/mol. The van der Waals surface area contributed by atoms with Crippen LogP contribution < -0.4 is 0 Å². The number of hydrogen-bond donors (Lipinski definition) is 1. The summed E-state index contributed by atoms with van der Waals surface area (Å²) in [7, 11) is 1.28. The van der Waals surface area contributed by atoms with E-state index in [9.17, 15) is 0 Å². The van der Waals surface area contributed by atoms with Gasteiger partial charge >= 0.3 is 8.60 Å². The molecule has 0 aromatic heterocycles. The van der Waals surface area contributed by atoms with Crippen molar-refractivity contribution in [2.24, 2.45) is 0 Å². The lowest BCUT2D eigenvalue weighted by atomic mass is 10.8. The van der Waals surface area contributed by atoms with Gasteiger partial charge in [-0.3, -0.25) is 0 Å². The third kappa shape index (κ3) is 6.15. The molecule has 9 heavy (non-hydrogen) atoms. The Morgan fingerprint density at radius 3 is 2.44 bits per heavy atom. The van der Waals surface area contributed by atoms with Crippen LogP contribution in [0, 0.1) is 0 Å². The highest BCUT2D eigenvalue weighted by Crippen LogP contribution is 2.30. The number of methoxy groups -OCH3 is 1. The van der Waals surface area contributed by atoms with Crippen molar-refractivity contribution in [2.75, 3.05) is 27.4 Å². The van der Waals surface area contributed by atoms with Crippen LogP contribution in [0.15, 0.2) is 0 Å². The zero-order valence-corrected chi connectivity index (χ0v) is 6.43. The quantitative estimate of drug-likeness (QED) is 0.463. The summed E-state index contributed by atoms with van der Waals surface area (Å²) in [6.45, 7) is 0.843. The molecule has 0 saturated carbocycles. The molecule has 0 aromatic rings. The molecule has 0 heterocycles. The van der Waals surface area contributed by atoms with E-state index in [-0.39, 0.29) is 0 Å². The van der Waals surface area contributed by atoms with Crippen molar-refractivity contribution >= 4 is 8.60 Å². The van der Waals surface area contributed by atoms with Crippen molar-refractivity contribution in [1.29, 1.82) is 0 Å². The molecule has 0 saturated heterocycles. The van der Waals surface area contributed by atoms with Crippen LogP contribution in [-0.2, 0) is 13.8 Å². The molecule has 0 aromatic carbocycles. The summed E-state index contributed by atoms with van der Waals surface area (Å²) in [5.41, 5.74) is 0. The van der Waals surface area contributed by atoms with Gasteiger partial charge in [0.1, 0.15) is 0 Å². The Hall–Kier alpha value is 0.270. The van der Waals surface area contributed by atoms with E-state index in [0.717, 1.165) is 0 Å². The Kier molecular flexibility index (Phi) is 6.58. The lowest BCUT2D eigenvalue weighted by molar-refractivity contribution is 0.132. The maximum atomic E-state index is 8.65. The molecule has 0 radical (unpaired) electrons. The Balaban J connectivity index is 2.88. The highest BCUT2D eigenvalue weighted by molar-refractivity contribution is 7.40. The van der Waals surface area contributed by atoms with Gasteiger partial charge in [-0.05, 0) is 0 Å². The van der Waals surface area contributed by atoms with Crippen molar-refractivity contribution in [1.82, 2.24) is 0 Å². The zero-order valence-electron chi connectivity index (χ0n) is 5.53. The predicted octanol–water partition coefficient (Wildman–Crippen LogP) is 0.515. The topological polar surface area (TPSA) is 47.9 Å². The summed E-state index contributed by atoms with van der Waals surface area (Å²) in [5.74, 6) is 0. The summed E-state index contributed by atoms with van der Waals surface area (Å²) in [6.07, 6.45) is 0. The minimum atomic E-state index is -1.67. The second-order valence-corrected chi connectivity index (χ2v) is 2.35. The standard InChI is InChI=1S/C4H11O4P/c1-6-3-4-8-9(5)7-2/h5H,3-4H2,1-2H3. The Labute approximate surface area is 55.7 Å². The lowest BCUT2D eigenvalue weighted by Crippen LogP contribution is -1.98. The summed E-state index contributed by atoms with van der Waals surface area (Å²) in [6, 6.07) is 0. The van der Waals surface area contributed by atoms with E-state index in [1.165, 1.54) is 7.11 Å². The Bertz CT molecular complexity index is 60.5. The van der Waals surface area contributed by atoms with Crippen molar-refractivity contribution in [3.63, 3.8) is 0 Å². The molecule has 1 N–H and O–H groups in total. The highest BCUT2D eigenvalue weighted by Gasteiger charge is 2.00. The average Bonchev–Trinajstić information content (AvgIpc) is 1.89. The monoisotopic (exact) mass is 154 g/mol. The van der Waals surface area contributed by atoms with Gasteiger partial charge in [-0.1, -0.05) is 0 Å². The van der Waals surface area contributed by atoms with E-state index in [2.05, 4.69) is 9.26 Å². The van der Waals surface area contributed by atoms with E-state index < -0.39 is 8.60 Å². The third-order valence-corrected chi connectivity index (χ3v) is 1.36. The van der Waals surface area contributed by atoms with Crippen LogP contribution in [0.25, 0.3) is 0 Å². The molecule has 0 bridgehead atoms. The Morgan fingerprint density at radius 2 is 2.00 bits per heavy atom. The van der Waals surface area contributed by atoms with Crippen molar-refractivity contribution in [3.8, 4) is 0 Å². The normalized spacial score (nSPS) is 13.7. The van der Waals surface area contributed by atoms with Crippen molar-refractivity contribution in [2.45, 2.75) is 0 Å². The maximum absolute atomic E-state index is 8.65. The van der Waals surface area contributed by atoms with Crippen LogP contribution in [0.5, 0.6) is 0 Å². The molecule has 0 aliphatic carbocycles. The molecule has 0 fully saturated rings. The third-order valence-electron chi connectivity index (χ3n) is 0.645. The van der Waals surface area contributed by atoms with Crippen LogP contribution in [0.1, 0.15) is 0 Å². The molecule has 0 aliphatic rings. The first kappa shape index (κ1) is 9.27. The second kappa shape index (κ2) is 6.39. The largest absolute Gasteiger partial charge is 0.382 e. The van der Waals surface area contributed by atoms with Gasteiger partial charge in [-0.15, -0.1) is 0 Å². The van der Waals surface area contributed by atoms with Crippen LogP contribution >= 0.6 is 8.60 Å². The molecule has 1 atom stereocenters. The molecular formula is C4H11O4P. The van der Waals surface area contributed by atoms with Gasteiger partial charge in [0.15, 0.2) is 0 Å². The molecule has 0 spiro atoms. The van der Waals surface area contributed by atoms with Crippen molar-refractivity contribution in [3.05, 3.63) is 0 Å². The van der Waals surface area contributed by atoms with Crippen molar-refractivity contribution < 1.29 is 18.7 Å².